The fourth-order valence-electron chi connectivity index (χ4n) is 2.96. The second-order valence-electron chi connectivity index (χ2n) is 5.89. The predicted molar refractivity (Wildman–Crippen MR) is 80.9 cm³/mol. The van der Waals surface area contributed by atoms with Crippen LogP contribution in [0.3, 0.4) is 0 Å². The summed E-state index contributed by atoms with van der Waals surface area (Å²) in [4.78, 5) is 12.2. The zero-order valence-electron chi connectivity index (χ0n) is 13.0. The van der Waals surface area contributed by atoms with Crippen LogP contribution < -0.4 is 5.32 Å². The standard InChI is InChI=1S/C17H24FNO2/c1-4-17(5-2)11-13(8-9-21-17)19-16(20)14-7-6-12(3)10-15(14)18/h6-7,10,13H,4-5,8-9,11H2,1-3H3,(H,19,20). The molecule has 1 aliphatic heterocycles. The molecule has 1 saturated heterocycles. The number of hydrogen-bond acceptors (Lipinski definition) is 2. The van der Waals surface area contributed by atoms with Gasteiger partial charge in [-0.05, 0) is 50.3 Å². The van der Waals surface area contributed by atoms with Gasteiger partial charge in [-0.15, -0.1) is 0 Å². The molecule has 0 aliphatic carbocycles. The molecule has 1 aromatic carbocycles. The van der Waals surface area contributed by atoms with E-state index in [0.717, 1.165) is 31.2 Å². The Labute approximate surface area is 125 Å². The Morgan fingerprint density at radius 2 is 2.14 bits per heavy atom. The van der Waals surface area contributed by atoms with Gasteiger partial charge in [-0.3, -0.25) is 4.79 Å². The number of amides is 1. The number of rotatable bonds is 4. The molecule has 1 fully saturated rings. The van der Waals surface area contributed by atoms with Crippen molar-refractivity contribution in [2.75, 3.05) is 6.61 Å². The van der Waals surface area contributed by atoms with E-state index in [0.29, 0.717) is 6.61 Å². The quantitative estimate of drug-likeness (QED) is 0.921. The highest BCUT2D eigenvalue weighted by Crippen LogP contribution is 2.31. The third kappa shape index (κ3) is 3.62. The number of carbonyl (C=O) groups is 1. The summed E-state index contributed by atoms with van der Waals surface area (Å²) in [6, 6.07) is 4.74. The summed E-state index contributed by atoms with van der Waals surface area (Å²) in [5, 5.41) is 2.96. The number of hydrogen-bond donors (Lipinski definition) is 1. The highest BCUT2D eigenvalue weighted by atomic mass is 19.1. The van der Waals surface area contributed by atoms with Crippen LogP contribution in [0.4, 0.5) is 4.39 Å². The molecule has 1 atom stereocenters. The van der Waals surface area contributed by atoms with Gasteiger partial charge in [0.2, 0.25) is 0 Å². The summed E-state index contributed by atoms with van der Waals surface area (Å²) in [7, 11) is 0. The highest BCUT2D eigenvalue weighted by Gasteiger charge is 2.35. The molecule has 1 unspecified atom stereocenters. The molecule has 21 heavy (non-hydrogen) atoms. The minimum atomic E-state index is -0.461. The van der Waals surface area contributed by atoms with E-state index in [1.807, 2.05) is 0 Å². The fourth-order valence-corrected chi connectivity index (χ4v) is 2.96. The van der Waals surface area contributed by atoms with Gasteiger partial charge in [0.1, 0.15) is 5.82 Å². The Hall–Kier alpha value is -1.42. The van der Waals surface area contributed by atoms with Crippen molar-refractivity contribution in [1.29, 1.82) is 0 Å². The third-order valence-corrected chi connectivity index (χ3v) is 4.49. The normalized spacial score (nSPS) is 21.0. The Morgan fingerprint density at radius 1 is 1.43 bits per heavy atom. The number of aryl methyl sites for hydroxylation is 1. The first kappa shape index (κ1) is 16.0. The van der Waals surface area contributed by atoms with Crippen LogP contribution in [0.5, 0.6) is 0 Å². The van der Waals surface area contributed by atoms with E-state index in [2.05, 4.69) is 19.2 Å². The van der Waals surface area contributed by atoms with Crippen molar-refractivity contribution in [2.24, 2.45) is 0 Å². The van der Waals surface area contributed by atoms with Crippen LogP contribution in [0.15, 0.2) is 18.2 Å². The molecular weight excluding hydrogens is 269 g/mol. The van der Waals surface area contributed by atoms with Crippen LogP contribution in [0.25, 0.3) is 0 Å². The maximum atomic E-state index is 13.9. The maximum absolute atomic E-state index is 13.9. The van der Waals surface area contributed by atoms with Gasteiger partial charge in [-0.1, -0.05) is 19.9 Å². The SMILES string of the molecule is CCC1(CC)CC(NC(=O)c2ccc(C)cc2F)CCO1. The van der Waals surface area contributed by atoms with E-state index in [9.17, 15) is 9.18 Å². The summed E-state index contributed by atoms with van der Waals surface area (Å²) >= 11 is 0. The first-order valence-electron chi connectivity index (χ1n) is 7.70. The topological polar surface area (TPSA) is 38.3 Å². The molecule has 1 aromatic rings. The van der Waals surface area contributed by atoms with Crippen LogP contribution in [0.2, 0.25) is 0 Å². The smallest absolute Gasteiger partial charge is 0.254 e. The Morgan fingerprint density at radius 3 is 2.76 bits per heavy atom. The van der Waals surface area contributed by atoms with E-state index in [1.54, 1.807) is 19.1 Å². The lowest BCUT2D eigenvalue weighted by molar-refractivity contribution is -0.0917. The molecule has 0 spiro atoms. The van der Waals surface area contributed by atoms with Crippen LogP contribution >= 0.6 is 0 Å². The summed E-state index contributed by atoms with van der Waals surface area (Å²) < 4.78 is 19.7. The van der Waals surface area contributed by atoms with Gasteiger partial charge in [-0.2, -0.15) is 0 Å². The third-order valence-electron chi connectivity index (χ3n) is 4.49. The van der Waals surface area contributed by atoms with E-state index in [-0.39, 0.29) is 23.1 Å². The van der Waals surface area contributed by atoms with Crippen molar-refractivity contribution in [3.63, 3.8) is 0 Å². The van der Waals surface area contributed by atoms with Crippen LogP contribution in [0, 0.1) is 12.7 Å². The second-order valence-corrected chi connectivity index (χ2v) is 5.89. The number of ether oxygens (including phenoxy) is 1. The molecule has 2 rings (SSSR count). The Bertz CT molecular complexity index is 512. The van der Waals surface area contributed by atoms with Crippen molar-refractivity contribution in [3.05, 3.63) is 35.1 Å². The molecule has 1 heterocycles. The zero-order valence-corrected chi connectivity index (χ0v) is 13.0. The van der Waals surface area contributed by atoms with E-state index >= 15 is 0 Å². The number of nitrogens with one attached hydrogen (secondary N) is 1. The number of carbonyl (C=O) groups excluding carboxylic acids is 1. The average Bonchev–Trinajstić information content (AvgIpc) is 2.47. The number of benzene rings is 1. The maximum Gasteiger partial charge on any atom is 0.254 e. The highest BCUT2D eigenvalue weighted by molar-refractivity contribution is 5.94. The number of halogens is 1. The molecular formula is C17H24FNO2. The Kier molecular flexibility index (Phi) is 4.99. The first-order chi connectivity index (χ1) is 9.99. The minimum absolute atomic E-state index is 0.0480. The van der Waals surface area contributed by atoms with Crippen molar-refractivity contribution in [3.8, 4) is 0 Å². The lowest BCUT2D eigenvalue weighted by Gasteiger charge is -2.40. The van der Waals surface area contributed by atoms with Crippen LogP contribution in [-0.4, -0.2) is 24.2 Å². The molecule has 4 heteroatoms. The van der Waals surface area contributed by atoms with E-state index in [4.69, 9.17) is 4.74 Å². The summed E-state index contributed by atoms with van der Waals surface area (Å²) in [5.41, 5.74) is 0.777. The molecule has 116 valence electrons. The van der Waals surface area contributed by atoms with Gasteiger partial charge in [0.25, 0.3) is 5.91 Å². The molecule has 3 nitrogen and oxygen atoms in total. The summed E-state index contributed by atoms with van der Waals surface area (Å²) in [6.07, 6.45) is 3.42. The molecule has 0 aromatic heterocycles. The average molecular weight is 293 g/mol. The minimum Gasteiger partial charge on any atom is -0.375 e. The summed E-state index contributed by atoms with van der Waals surface area (Å²) in [6.45, 7) is 6.66. The van der Waals surface area contributed by atoms with Gasteiger partial charge in [0.05, 0.1) is 11.2 Å². The second kappa shape index (κ2) is 6.56. The van der Waals surface area contributed by atoms with Crippen molar-refractivity contribution in [1.82, 2.24) is 5.32 Å². The lowest BCUT2D eigenvalue weighted by Crippen LogP contribution is -2.48. The summed E-state index contributed by atoms with van der Waals surface area (Å²) in [5.74, 6) is -0.794. The van der Waals surface area contributed by atoms with Crippen molar-refractivity contribution < 1.29 is 13.9 Å². The molecule has 1 N–H and O–H groups in total. The van der Waals surface area contributed by atoms with Crippen molar-refractivity contribution in [2.45, 2.75) is 58.1 Å². The molecule has 1 amide bonds. The molecule has 1 aliphatic rings. The van der Waals surface area contributed by atoms with Crippen LogP contribution in [0.1, 0.15) is 55.5 Å². The van der Waals surface area contributed by atoms with E-state index < -0.39 is 5.82 Å². The van der Waals surface area contributed by atoms with Crippen LogP contribution in [-0.2, 0) is 4.74 Å². The van der Waals surface area contributed by atoms with Gasteiger partial charge < -0.3 is 10.1 Å². The van der Waals surface area contributed by atoms with Gasteiger partial charge >= 0.3 is 0 Å². The lowest BCUT2D eigenvalue weighted by atomic mass is 9.86. The fraction of sp³-hybridized carbons (Fsp3) is 0.588. The zero-order chi connectivity index (χ0) is 15.5. The molecule has 0 saturated carbocycles. The van der Waals surface area contributed by atoms with E-state index in [1.165, 1.54) is 6.07 Å². The van der Waals surface area contributed by atoms with Gasteiger partial charge in [0, 0.05) is 12.6 Å². The Balaban J connectivity index is 2.05. The van der Waals surface area contributed by atoms with Crippen molar-refractivity contribution >= 4 is 5.91 Å². The molecule has 0 radical (unpaired) electrons. The van der Waals surface area contributed by atoms with Gasteiger partial charge in [-0.25, -0.2) is 4.39 Å². The molecule has 0 bridgehead atoms. The van der Waals surface area contributed by atoms with Gasteiger partial charge in [0.15, 0.2) is 0 Å². The largest absolute Gasteiger partial charge is 0.375 e. The predicted octanol–water partition coefficient (Wildman–Crippen LogP) is 3.60. The first-order valence-corrected chi connectivity index (χ1v) is 7.70. The monoisotopic (exact) mass is 293 g/mol.